The number of pyridine rings is 1. The number of amides is 2. The van der Waals surface area contributed by atoms with Crippen LogP contribution in [0.3, 0.4) is 0 Å². The minimum Gasteiger partial charge on any atom is -0.457 e. The van der Waals surface area contributed by atoms with Gasteiger partial charge in [0.05, 0.1) is 4.92 Å². The molecule has 1 aliphatic carbocycles. The van der Waals surface area contributed by atoms with Gasteiger partial charge < -0.3 is 20.7 Å². The van der Waals surface area contributed by atoms with Crippen molar-refractivity contribution in [2.24, 2.45) is 0 Å². The second kappa shape index (κ2) is 8.48. The van der Waals surface area contributed by atoms with Gasteiger partial charge in [-0.05, 0) is 49.2 Å². The van der Waals surface area contributed by atoms with E-state index in [2.05, 4.69) is 20.9 Å². The van der Waals surface area contributed by atoms with Gasteiger partial charge in [0.15, 0.2) is 0 Å². The van der Waals surface area contributed by atoms with Crippen LogP contribution in [0.1, 0.15) is 12.8 Å². The molecule has 9 heteroatoms. The molecule has 1 saturated carbocycles. The molecule has 0 bridgehead atoms. The quantitative estimate of drug-likeness (QED) is 0.383. The number of para-hydroxylation sites is 2. The van der Waals surface area contributed by atoms with E-state index in [0.29, 0.717) is 34.7 Å². The third-order valence-electron chi connectivity index (χ3n) is 4.36. The summed E-state index contributed by atoms with van der Waals surface area (Å²) in [7, 11) is 0. The van der Waals surface area contributed by atoms with Crippen LogP contribution < -0.4 is 20.7 Å². The van der Waals surface area contributed by atoms with Gasteiger partial charge in [-0.2, -0.15) is 0 Å². The topological polar surface area (TPSA) is 118 Å². The maximum absolute atomic E-state index is 11.8. The summed E-state index contributed by atoms with van der Waals surface area (Å²) in [5.74, 6) is 1.50. The summed E-state index contributed by atoms with van der Waals surface area (Å²) in [6.45, 7) is 0. The van der Waals surface area contributed by atoms with E-state index < -0.39 is 4.92 Å². The van der Waals surface area contributed by atoms with Crippen molar-refractivity contribution in [2.75, 3.05) is 10.6 Å². The summed E-state index contributed by atoms with van der Waals surface area (Å²) in [4.78, 5) is 26.7. The summed E-state index contributed by atoms with van der Waals surface area (Å²) in [5, 5.41) is 19.7. The van der Waals surface area contributed by atoms with Crippen LogP contribution in [0.2, 0.25) is 0 Å². The molecule has 1 aliphatic rings. The summed E-state index contributed by atoms with van der Waals surface area (Å²) in [6, 6.07) is 16.7. The lowest BCUT2D eigenvalue weighted by Gasteiger charge is -2.10. The number of nitrogens with zero attached hydrogens (tertiary/aromatic N) is 2. The number of nitro groups is 1. The molecule has 3 N–H and O–H groups in total. The van der Waals surface area contributed by atoms with E-state index in [4.69, 9.17) is 4.74 Å². The van der Waals surface area contributed by atoms with E-state index in [-0.39, 0.29) is 11.7 Å². The molecule has 0 spiro atoms. The Kier molecular flexibility index (Phi) is 5.42. The van der Waals surface area contributed by atoms with Crippen molar-refractivity contribution in [1.29, 1.82) is 0 Å². The number of carbonyl (C=O) groups is 1. The molecule has 4 rings (SSSR count). The standard InChI is InChI=1S/C21H19N5O4/c27-21(23-14-5-6-14)24-15-7-9-16(10-8-15)30-17-11-12-22-20(13-17)25-18-3-1-2-4-19(18)26(28)29/h1-4,7-14H,5-6H2,(H,22,25)(H2,23,24,27). The first-order chi connectivity index (χ1) is 14.6. The predicted molar refractivity (Wildman–Crippen MR) is 112 cm³/mol. The van der Waals surface area contributed by atoms with Crippen LogP contribution in [0.5, 0.6) is 11.5 Å². The average molecular weight is 405 g/mol. The van der Waals surface area contributed by atoms with Crippen LogP contribution in [-0.4, -0.2) is 22.0 Å². The summed E-state index contributed by atoms with van der Waals surface area (Å²) >= 11 is 0. The van der Waals surface area contributed by atoms with Crippen molar-refractivity contribution in [3.63, 3.8) is 0 Å². The van der Waals surface area contributed by atoms with Gasteiger partial charge in [0, 0.05) is 30.1 Å². The Morgan fingerprint density at radius 3 is 2.57 bits per heavy atom. The van der Waals surface area contributed by atoms with Gasteiger partial charge in [0.25, 0.3) is 5.69 Å². The first kappa shape index (κ1) is 19.2. The fraction of sp³-hybridized carbons (Fsp3) is 0.143. The zero-order valence-corrected chi connectivity index (χ0v) is 15.9. The Morgan fingerprint density at radius 1 is 1.07 bits per heavy atom. The largest absolute Gasteiger partial charge is 0.457 e. The lowest BCUT2D eigenvalue weighted by Crippen LogP contribution is -2.30. The molecule has 0 unspecified atom stereocenters. The lowest BCUT2D eigenvalue weighted by molar-refractivity contribution is -0.383. The molecule has 1 heterocycles. The van der Waals surface area contributed by atoms with Gasteiger partial charge in [-0.25, -0.2) is 9.78 Å². The monoisotopic (exact) mass is 405 g/mol. The van der Waals surface area contributed by atoms with Gasteiger partial charge in [-0.1, -0.05) is 12.1 Å². The van der Waals surface area contributed by atoms with Crippen molar-refractivity contribution in [1.82, 2.24) is 10.3 Å². The fourth-order valence-electron chi connectivity index (χ4n) is 2.74. The van der Waals surface area contributed by atoms with Gasteiger partial charge in [-0.3, -0.25) is 10.1 Å². The zero-order chi connectivity index (χ0) is 20.9. The highest BCUT2D eigenvalue weighted by atomic mass is 16.6. The van der Waals surface area contributed by atoms with Crippen molar-refractivity contribution in [2.45, 2.75) is 18.9 Å². The Balaban J connectivity index is 1.40. The van der Waals surface area contributed by atoms with E-state index in [1.807, 2.05) is 0 Å². The Labute approximate surface area is 172 Å². The van der Waals surface area contributed by atoms with Gasteiger partial charge in [0.1, 0.15) is 23.0 Å². The van der Waals surface area contributed by atoms with Crippen molar-refractivity contribution in [3.05, 3.63) is 77.0 Å². The number of hydrogen-bond donors (Lipinski definition) is 3. The molecule has 2 amide bonds. The SMILES string of the molecule is O=C(Nc1ccc(Oc2ccnc(Nc3ccccc3[N+](=O)[O-])c2)cc1)NC1CC1. The number of nitro benzene ring substituents is 1. The molecule has 1 fully saturated rings. The highest BCUT2D eigenvalue weighted by Gasteiger charge is 2.23. The molecular formula is C21H19N5O4. The molecule has 3 aromatic rings. The van der Waals surface area contributed by atoms with Crippen LogP contribution in [0, 0.1) is 10.1 Å². The zero-order valence-electron chi connectivity index (χ0n) is 15.9. The molecule has 1 aromatic heterocycles. The number of anilines is 3. The lowest BCUT2D eigenvalue weighted by atomic mass is 10.2. The smallest absolute Gasteiger partial charge is 0.319 e. The maximum atomic E-state index is 11.8. The second-order valence-corrected chi connectivity index (χ2v) is 6.78. The van der Waals surface area contributed by atoms with Gasteiger partial charge in [0.2, 0.25) is 0 Å². The normalized spacial score (nSPS) is 12.7. The minimum absolute atomic E-state index is 0.0422. The molecule has 0 radical (unpaired) electrons. The molecule has 9 nitrogen and oxygen atoms in total. The van der Waals surface area contributed by atoms with Gasteiger partial charge in [-0.15, -0.1) is 0 Å². The minimum atomic E-state index is -0.455. The van der Waals surface area contributed by atoms with Crippen LogP contribution in [0.25, 0.3) is 0 Å². The van der Waals surface area contributed by atoms with E-state index >= 15 is 0 Å². The highest BCUT2D eigenvalue weighted by molar-refractivity contribution is 5.89. The number of aromatic nitrogens is 1. The third-order valence-corrected chi connectivity index (χ3v) is 4.36. The first-order valence-electron chi connectivity index (χ1n) is 9.39. The number of carbonyl (C=O) groups excluding carboxylic acids is 1. The molecule has 152 valence electrons. The predicted octanol–water partition coefficient (Wildman–Crippen LogP) is 4.81. The van der Waals surface area contributed by atoms with E-state index in [9.17, 15) is 14.9 Å². The number of ether oxygens (including phenoxy) is 1. The molecule has 0 aliphatic heterocycles. The van der Waals surface area contributed by atoms with E-state index in [1.54, 1.807) is 60.8 Å². The average Bonchev–Trinajstić information content (AvgIpc) is 3.54. The van der Waals surface area contributed by atoms with E-state index in [0.717, 1.165) is 12.8 Å². The molecule has 2 aromatic carbocycles. The van der Waals surface area contributed by atoms with Crippen LogP contribution >= 0.6 is 0 Å². The summed E-state index contributed by atoms with van der Waals surface area (Å²) < 4.78 is 5.83. The first-order valence-corrected chi connectivity index (χ1v) is 9.39. The summed E-state index contributed by atoms with van der Waals surface area (Å²) in [6.07, 6.45) is 3.60. The molecule has 0 atom stereocenters. The maximum Gasteiger partial charge on any atom is 0.319 e. The highest BCUT2D eigenvalue weighted by Crippen LogP contribution is 2.29. The van der Waals surface area contributed by atoms with E-state index in [1.165, 1.54) is 6.07 Å². The number of urea groups is 1. The van der Waals surface area contributed by atoms with Crippen molar-refractivity contribution < 1.29 is 14.5 Å². The van der Waals surface area contributed by atoms with Crippen LogP contribution in [0.4, 0.5) is 27.7 Å². The number of rotatable bonds is 7. The Morgan fingerprint density at radius 2 is 1.83 bits per heavy atom. The number of nitrogens with one attached hydrogen (secondary N) is 3. The Hall–Kier alpha value is -4.14. The Bertz CT molecular complexity index is 1070. The molecular weight excluding hydrogens is 386 g/mol. The second-order valence-electron chi connectivity index (χ2n) is 6.78. The van der Waals surface area contributed by atoms with Crippen LogP contribution in [0.15, 0.2) is 66.9 Å². The number of hydrogen-bond acceptors (Lipinski definition) is 6. The van der Waals surface area contributed by atoms with Crippen molar-refractivity contribution >= 4 is 28.9 Å². The number of benzene rings is 2. The molecule has 0 saturated heterocycles. The molecule has 30 heavy (non-hydrogen) atoms. The van der Waals surface area contributed by atoms with Crippen LogP contribution in [-0.2, 0) is 0 Å². The third kappa shape index (κ3) is 5.02. The van der Waals surface area contributed by atoms with Crippen molar-refractivity contribution in [3.8, 4) is 11.5 Å². The summed E-state index contributed by atoms with van der Waals surface area (Å²) in [5.41, 5.74) is 0.959. The van der Waals surface area contributed by atoms with Gasteiger partial charge >= 0.3 is 6.03 Å². The fourth-order valence-corrected chi connectivity index (χ4v) is 2.74.